The molecule has 1 fully saturated rings. The van der Waals surface area contributed by atoms with Crippen LogP contribution in [0.2, 0.25) is 0 Å². The summed E-state index contributed by atoms with van der Waals surface area (Å²) in [6.45, 7) is 3.61. The molecule has 2 heterocycles. The number of fused-ring (bicyclic) bond motifs is 1. The van der Waals surface area contributed by atoms with Gasteiger partial charge in [-0.05, 0) is 37.5 Å². The van der Waals surface area contributed by atoms with Gasteiger partial charge in [0.25, 0.3) is 0 Å². The number of benzene rings is 1. The number of carbonyl (C=O) groups excluding carboxylic acids is 2. The summed E-state index contributed by atoms with van der Waals surface area (Å²) in [5.41, 5.74) is 1.36. The number of anilines is 2. The monoisotopic (exact) mass is 410 g/mol. The van der Waals surface area contributed by atoms with Crippen LogP contribution in [-0.4, -0.2) is 47.9 Å². The Bertz CT molecular complexity index is 970. The van der Waals surface area contributed by atoms with Crippen molar-refractivity contribution in [1.29, 1.82) is 0 Å². The van der Waals surface area contributed by atoms with Crippen LogP contribution in [0, 0.1) is 0 Å². The standard InChI is InChI=1S/C17H22N4O4S2/c1-3-9-27(24,25)21-8-4-5-14(21)16(23)20-17-19-13-7-6-12(18-11(2)22)10-15(13)26-17/h6-7,10,14H,3-5,8-9H2,1-2H3,(H,18,22)(H,19,20,23). The van der Waals surface area contributed by atoms with Crippen LogP contribution in [0.25, 0.3) is 10.2 Å². The zero-order valence-corrected chi connectivity index (χ0v) is 16.8. The first-order chi connectivity index (χ1) is 12.8. The molecule has 2 N–H and O–H groups in total. The number of nitrogens with one attached hydrogen (secondary N) is 2. The molecule has 2 amide bonds. The summed E-state index contributed by atoms with van der Waals surface area (Å²) in [5, 5.41) is 5.87. The quantitative estimate of drug-likeness (QED) is 0.760. The average molecular weight is 411 g/mol. The summed E-state index contributed by atoms with van der Waals surface area (Å²) >= 11 is 1.28. The van der Waals surface area contributed by atoms with E-state index >= 15 is 0 Å². The Hall–Kier alpha value is -2.04. The molecule has 1 saturated heterocycles. The van der Waals surface area contributed by atoms with E-state index < -0.39 is 16.1 Å². The molecule has 3 rings (SSSR count). The molecule has 1 atom stereocenters. The fourth-order valence-corrected chi connectivity index (χ4v) is 5.81. The van der Waals surface area contributed by atoms with E-state index in [2.05, 4.69) is 15.6 Å². The lowest BCUT2D eigenvalue weighted by atomic mass is 10.2. The second-order valence-corrected chi connectivity index (χ2v) is 9.53. The van der Waals surface area contributed by atoms with Crippen molar-refractivity contribution in [2.75, 3.05) is 22.9 Å². The van der Waals surface area contributed by atoms with Crippen LogP contribution in [0.4, 0.5) is 10.8 Å². The Morgan fingerprint density at radius 1 is 1.33 bits per heavy atom. The van der Waals surface area contributed by atoms with Gasteiger partial charge >= 0.3 is 0 Å². The SMILES string of the molecule is CCCS(=O)(=O)N1CCCC1C(=O)Nc1nc2ccc(NC(C)=O)cc2s1. The van der Waals surface area contributed by atoms with Crippen LogP contribution in [0.3, 0.4) is 0 Å². The molecule has 10 heteroatoms. The van der Waals surface area contributed by atoms with Gasteiger partial charge < -0.3 is 10.6 Å². The Kier molecular flexibility index (Phi) is 5.78. The van der Waals surface area contributed by atoms with Gasteiger partial charge in [-0.3, -0.25) is 9.59 Å². The van der Waals surface area contributed by atoms with Gasteiger partial charge in [0.15, 0.2) is 5.13 Å². The van der Waals surface area contributed by atoms with Gasteiger partial charge in [0.2, 0.25) is 21.8 Å². The molecule has 1 aliphatic heterocycles. The van der Waals surface area contributed by atoms with Gasteiger partial charge in [-0.1, -0.05) is 18.3 Å². The molecule has 1 aromatic carbocycles. The van der Waals surface area contributed by atoms with Crippen LogP contribution < -0.4 is 10.6 Å². The summed E-state index contributed by atoms with van der Waals surface area (Å²) < 4.78 is 26.9. The second kappa shape index (κ2) is 7.91. The Balaban J connectivity index is 1.76. The molecule has 2 aromatic rings. The molecule has 146 valence electrons. The molecule has 27 heavy (non-hydrogen) atoms. The second-order valence-electron chi connectivity index (χ2n) is 6.46. The molecule has 1 aromatic heterocycles. The van der Waals surface area contributed by atoms with Crippen molar-refractivity contribution in [2.24, 2.45) is 0 Å². The Morgan fingerprint density at radius 3 is 2.81 bits per heavy atom. The molecular formula is C17H22N4O4S2. The maximum atomic E-state index is 12.7. The van der Waals surface area contributed by atoms with Gasteiger partial charge in [0.05, 0.1) is 16.0 Å². The van der Waals surface area contributed by atoms with Gasteiger partial charge in [-0.25, -0.2) is 13.4 Å². The third kappa shape index (κ3) is 4.45. The predicted octanol–water partition coefficient (Wildman–Crippen LogP) is 2.40. The highest BCUT2D eigenvalue weighted by Crippen LogP contribution is 2.30. The van der Waals surface area contributed by atoms with Gasteiger partial charge in [-0.2, -0.15) is 4.31 Å². The van der Waals surface area contributed by atoms with Gasteiger partial charge in [-0.15, -0.1) is 0 Å². The minimum absolute atomic E-state index is 0.0455. The third-order valence-electron chi connectivity index (χ3n) is 4.26. The highest BCUT2D eigenvalue weighted by atomic mass is 32.2. The normalized spacial score (nSPS) is 17.9. The highest BCUT2D eigenvalue weighted by molar-refractivity contribution is 7.89. The van der Waals surface area contributed by atoms with Crippen molar-refractivity contribution < 1.29 is 18.0 Å². The van der Waals surface area contributed by atoms with E-state index in [4.69, 9.17) is 0 Å². The summed E-state index contributed by atoms with van der Waals surface area (Å²) in [6.07, 6.45) is 1.69. The zero-order valence-electron chi connectivity index (χ0n) is 15.2. The van der Waals surface area contributed by atoms with Crippen molar-refractivity contribution >= 4 is 54.2 Å². The number of hydrogen-bond acceptors (Lipinski definition) is 6. The number of sulfonamides is 1. The van der Waals surface area contributed by atoms with E-state index in [0.717, 1.165) is 4.70 Å². The fraction of sp³-hybridized carbons (Fsp3) is 0.471. The molecule has 0 spiro atoms. The van der Waals surface area contributed by atoms with E-state index in [9.17, 15) is 18.0 Å². The number of nitrogens with zero attached hydrogens (tertiary/aromatic N) is 2. The molecule has 0 bridgehead atoms. The first kappa shape index (κ1) is 19.7. The summed E-state index contributed by atoms with van der Waals surface area (Å²) in [5.74, 6) is -0.473. The number of amides is 2. The summed E-state index contributed by atoms with van der Waals surface area (Å²) in [4.78, 5) is 28.2. The van der Waals surface area contributed by atoms with Crippen molar-refractivity contribution in [3.8, 4) is 0 Å². The fourth-order valence-electron chi connectivity index (χ4n) is 3.16. The lowest BCUT2D eigenvalue weighted by Gasteiger charge is -2.22. The lowest BCUT2D eigenvalue weighted by molar-refractivity contribution is -0.119. The Labute approximate surface area is 162 Å². The maximum Gasteiger partial charge on any atom is 0.244 e. The lowest BCUT2D eigenvalue weighted by Crippen LogP contribution is -2.43. The van der Waals surface area contributed by atoms with E-state index in [1.807, 2.05) is 0 Å². The zero-order chi connectivity index (χ0) is 19.6. The molecule has 0 aliphatic carbocycles. The highest BCUT2D eigenvalue weighted by Gasteiger charge is 2.38. The number of hydrogen-bond donors (Lipinski definition) is 2. The van der Waals surface area contributed by atoms with Gasteiger partial charge in [0.1, 0.15) is 6.04 Å². The van der Waals surface area contributed by atoms with Crippen LogP contribution in [0.1, 0.15) is 33.1 Å². The van der Waals surface area contributed by atoms with Crippen LogP contribution in [-0.2, 0) is 19.6 Å². The summed E-state index contributed by atoms with van der Waals surface area (Å²) in [6, 6.07) is 4.60. The first-order valence-corrected chi connectivity index (χ1v) is 11.2. The average Bonchev–Trinajstić information content (AvgIpc) is 3.20. The van der Waals surface area contributed by atoms with Crippen LogP contribution in [0.5, 0.6) is 0 Å². The van der Waals surface area contributed by atoms with Crippen LogP contribution >= 0.6 is 11.3 Å². The topological polar surface area (TPSA) is 108 Å². The predicted molar refractivity (Wildman–Crippen MR) is 106 cm³/mol. The largest absolute Gasteiger partial charge is 0.326 e. The minimum Gasteiger partial charge on any atom is -0.326 e. The van der Waals surface area contributed by atoms with Crippen molar-refractivity contribution in [3.63, 3.8) is 0 Å². The van der Waals surface area contributed by atoms with E-state index in [-0.39, 0.29) is 17.6 Å². The molecule has 0 saturated carbocycles. The number of aromatic nitrogens is 1. The van der Waals surface area contributed by atoms with Crippen molar-refractivity contribution in [3.05, 3.63) is 18.2 Å². The molecule has 0 radical (unpaired) electrons. The Morgan fingerprint density at radius 2 is 2.11 bits per heavy atom. The number of carbonyl (C=O) groups is 2. The van der Waals surface area contributed by atoms with E-state index in [1.165, 1.54) is 22.6 Å². The smallest absolute Gasteiger partial charge is 0.244 e. The first-order valence-electron chi connectivity index (χ1n) is 8.78. The van der Waals surface area contributed by atoms with E-state index in [0.29, 0.717) is 42.1 Å². The van der Waals surface area contributed by atoms with Crippen LogP contribution in [0.15, 0.2) is 18.2 Å². The number of rotatable bonds is 6. The van der Waals surface area contributed by atoms with Crippen molar-refractivity contribution in [2.45, 2.75) is 39.2 Å². The molecule has 1 aliphatic rings. The third-order valence-corrected chi connectivity index (χ3v) is 7.27. The molecule has 8 nitrogen and oxygen atoms in total. The molecular weight excluding hydrogens is 388 g/mol. The summed E-state index contributed by atoms with van der Waals surface area (Å²) in [7, 11) is -3.42. The van der Waals surface area contributed by atoms with Crippen molar-refractivity contribution in [1.82, 2.24) is 9.29 Å². The number of thiazole rings is 1. The minimum atomic E-state index is -3.42. The van der Waals surface area contributed by atoms with Gasteiger partial charge in [0, 0.05) is 19.2 Å². The maximum absolute atomic E-state index is 12.7. The van der Waals surface area contributed by atoms with E-state index in [1.54, 1.807) is 25.1 Å². The molecule has 1 unspecified atom stereocenters.